The number of rotatable bonds is 3. The number of fused-ring (bicyclic) bond motifs is 1. The van der Waals surface area contributed by atoms with Crippen molar-refractivity contribution < 1.29 is 0 Å². The smallest absolute Gasteiger partial charge is 0.253 e. The molecule has 0 spiro atoms. The van der Waals surface area contributed by atoms with Gasteiger partial charge in [-0.2, -0.15) is 10.1 Å². The molecule has 25 heavy (non-hydrogen) atoms. The normalized spacial score (nSPS) is 11.0. The molecule has 0 aliphatic carbocycles. The van der Waals surface area contributed by atoms with Crippen LogP contribution < -0.4 is 5.32 Å². The Labute approximate surface area is 146 Å². The fourth-order valence-corrected chi connectivity index (χ4v) is 2.86. The Kier molecular flexibility index (Phi) is 3.69. The van der Waals surface area contributed by atoms with Gasteiger partial charge < -0.3 is 5.32 Å². The van der Waals surface area contributed by atoms with Gasteiger partial charge >= 0.3 is 0 Å². The van der Waals surface area contributed by atoms with Crippen molar-refractivity contribution in [2.45, 2.75) is 20.8 Å². The summed E-state index contributed by atoms with van der Waals surface area (Å²) in [4.78, 5) is 9.43. The van der Waals surface area contributed by atoms with Gasteiger partial charge in [-0.1, -0.05) is 29.8 Å². The molecule has 124 valence electrons. The Balaban J connectivity index is 1.86. The second-order valence-corrected chi connectivity index (χ2v) is 6.22. The van der Waals surface area contributed by atoms with Gasteiger partial charge in [0.2, 0.25) is 0 Å². The molecule has 0 bridgehead atoms. The Morgan fingerprint density at radius 1 is 0.880 bits per heavy atom. The molecule has 1 N–H and O–H groups in total. The summed E-state index contributed by atoms with van der Waals surface area (Å²) in [6.07, 6.45) is 0. The topological polar surface area (TPSA) is 55.6 Å². The van der Waals surface area contributed by atoms with E-state index in [0.29, 0.717) is 5.95 Å². The van der Waals surface area contributed by atoms with Crippen molar-refractivity contribution in [3.63, 3.8) is 0 Å². The van der Waals surface area contributed by atoms with Gasteiger partial charge in [0.15, 0.2) is 0 Å². The standard InChI is InChI=1S/C20H19N5/c1-13-8-10-16(11-9-13)21-19-17-6-4-5-7-18(17)22-20(23-19)25-15(3)12-14(2)24-25/h4-12H,1-3H3,(H,21,22,23). The predicted molar refractivity (Wildman–Crippen MR) is 101 cm³/mol. The molecule has 4 aromatic rings. The number of hydrogen-bond acceptors (Lipinski definition) is 4. The summed E-state index contributed by atoms with van der Waals surface area (Å²) in [5.41, 5.74) is 5.06. The number of nitrogens with zero attached hydrogens (tertiary/aromatic N) is 4. The van der Waals surface area contributed by atoms with Crippen LogP contribution in [0.1, 0.15) is 17.0 Å². The lowest BCUT2D eigenvalue weighted by molar-refractivity contribution is 0.781. The average molecular weight is 329 g/mol. The first-order valence-electron chi connectivity index (χ1n) is 8.24. The minimum absolute atomic E-state index is 0.568. The third-order valence-electron chi connectivity index (χ3n) is 4.10. The molecule has 5 heteroatoms. The van der Waals surface area contributed by atoms with Crippen LogP contribution in [0.15, 0.2) is 54.6 Å². The molecule has 0 atom stereocenters. The van der Waals surface area contributed by atoms with Gasteiger partial charge in [0, 0.05) is 16.8 Å². The Hall–Kier alpha value is -3.21. The first-order valence-corrected chi connectivity index (χ1v) is 8.24. The molecule has 0 saturated heterocycles. The maximum atomic E-state index is 4.74. The van der Waals surface area contributed by atoms with Crippen LogP contribution in [0.25, 0.3) is 16.9 Å². The Morgan fingerprint density at radius 3 is 2.36 bits per heavy atom. The molecule has 0 fully saturated rings. The lowest BCUT2D eigenvalue weighted by Crippen LogP contribution is -2.07. The predicted octanol–water partition coefficient (Wildman–Crippen LogP) is 4.48. The van der Waals surface area contributed by atoms with E-state index >= 15 is 0 Å². The monoisotopic (exact) mass is 329 g/mol. The molecule has 2 heterocycles. The highest BCUT2D eigenvalue weighted by Crippen LogP contribution is 2.25. The Morgan fingerprint density at radius 2 is 1.64 bits per heavy atom. The maximum Gasteiger partial charge on any atom is 0.253 e. The zero-order valence-electron chi connectivity index (χ0n) is 14.5. The summed E-state index contributed by atoms with van der Waals surface area (Å²) in [5.74, 6) is 1.34. The molecule has 0 saturated carbocycles. The molecule has 0 unspecified atom stereocenters. The SMILES string of the molecule is Cc1ccc(Nc2nc(-n3nc(C)cc3C)nc3ccccc23)cc1. The van der Waals surface area contributed by atoms with E-state index in [4.69, 9.17) is 4.98 Å². The van der Waals surface area contributed by atoms with E-state index in [1.54, 1.807) is 4.68 Å². The van der Waals surface area contributed by atoms with Crippen LogP contribution in [0.4, 0.5) is 11.5 Å². The number of nitrogens with one attached hydrogen (secondary N) is 1. The second kappa shape index (κ2) is 6.02. The molecule has 0 radical (unpaired) electrons. The molecule has 0 amide bonds. The van der Waals surface area contributed by atoms with Crippen LogP contribution in [-0.2, 0) is 0 Å². The summed E-state index contributed by atoms with van der Waals surface area (Å²) in [7, 11) is 0. The number of hydrogen-bond donors (Lipinski definition) is 1. The van der Waals surface area contributed by atoms with Crippen LogP contribution in [0, 0.1) is 20.8 Å². The van der Waals surface area contributed by atoms with Gasteiger partial charge in [-0.05, 0) is 51.1 Å². The minimum atomic E-state index is 0.568. The number of aromatic nitrogens is 4. The number of aryl methyl sites for hydroxylation is 3. The van der Waals surface area contributed by atoms with Gasteiger partial charge in [0.05, 0.1) is 11.2 Å². The van der Waals surface area contributed by atoms with Crippen LogP contribution in [0.3, 0.4) is 0 Å². The first-order chi connectivity index (χ1) is 12.1. The Bertz CT molecular complexity index is 1050. The lowest BCUT2D eigenvalue weighted by Gasteiger charge is -2.11. The molecule has 4 rings (SSSR count). The summed E-state index contributed by atoms with van der Waals surface area (Å²) < 4.78 is 1.78. The van der Waals surface area contributed by atoms with Crippen molar-refractivity contribution in [3.05, 3.63) is 71.5 Å². The molecule has 0 aliphatic heterocycles. The molecule has 0 aliphatic rings. The van der Waals surface area contributed by atoms with Crippen LogP contribution >= 0.6 is 0 Å². The average Bonchev–Trinajstić information content (AvgIpc) is 2.95. The summed E-state index contributed by atoms with van der Waals surface area (Å²) >= 11 is 0. The quantitative estimate of drug-likeness (QED) is 0.602. The molecule has 2 aromatic carbocycles. The first kappa shape index (κ1) is 15.3. The van der Waals surface area contributed by atoms with Gasteiger partial charge in [0.1, 0.15) is 5.82 Å². The van der Waals surface area contributed by atoms with E-state index in [1.807, 2.05) is 44.2 Å². The van der Waals surface area contributed by atoms with Gasteiger partial charge in [-0.15, -0.1) is 0 Å². The fraction of sp³-hybridized carbons (Fsp3) is 0.150. The minimum Gasteiger partial charge on any atom is -0.340 e. The van der Waals surface area contributed by atoms with Gasteiger partial charge in [-0.25, -0.2) is 9.67 Å². The summed E-state index contributed by atoms with van der Waals surface area (Å²) in [6.45, 7) is 6.05. The summed E-state index contributed by atoms with van der Waals surface area (Å²) in [5, 5.41) is 8.91. The second-order valence-electron chi connectivity index (χ2n) is 6.22. The highest BCUT2D eigenvalue weighted by molar-refractivity contribution is 5.91. The van der Waals surface area contributed by atoms with E-state index in [9.17, 15) is 0 Å². The van der Waals surface area contributed by atoms with Crippen LogP contribution in [0.2, 0.25) is 0 Å². The maximum absolute atomic E-state index is 4.74. The number of anilines is 2. The van der Waals surface area contributed by atoms with Crippen molar-refractivity contribution >= 4 is 22.4 Å². The molecule has 2 aromatic heterocycles. The van der Waals surface area contributed by atoms with Gasteiger partial charge in [0.25, 0.3) is 5.95 Å². The van der Waals surface area contributed by atoms with Crippen molar-refractivity contribution in [1.29, 1.82) is 0 Å². The van der Waals surface area contributed by atoms with E-state index < -0.39 is 0 Å². The van der Waals surface area contributed by atoms with Crippen molar-refractivity contribution in [2.75, 3.05) is 5.32 Å². The third kappa shape index (κ3) is 2.96. The van der Waals surface area contributed by atoms with E-state index in [1.165, 1.54) is 5.56 Å². The molecular weight excluding hydrogens is 310 g/mol. The van der Waals surface area contributed by atoms with E-state index in [-0.39, 0.29) is 0 Å². The lowest BCUT2D eigenvalue weighted by atomic mass is 10.2. The molecule has 5 nitrogen and oxygen atoms in total. The van der Waals surface area contributed by atoms with Crippen molar-refractivity contribution in [1.82, 2.24) is 19.7 Å². The fourth-order valence-electron chi connectivity index (χ4n) is 2.86. The zero-order chi connectivity index (χ0) is 17.4. The van der Waals surface area contributed by atoms with Crippen LogP contribution in [0.5, 0.6) is 0 Å². The highest BCUT2D eigenvalue weighted by atomic mass is 15.4. The largest absolute Gasteiger partial charge is 0.340 e. The van der Waals surface area contributed by atoms with Crippen molar-refractivity contribution in [3.8, 4) is 5.95 Å². The van der Waals surface area contributed by atoms with E-state index in [0.717, 1.165) is 33.8 Å². The van der Waals surface area contributed by atoms with E-state index in [2.05, 4.69) is 46.6 Å². The third-order valence-corrected chi connectivity index (χ3v) is 4.10. The zero-order valence-corrected chi connectivity index (χ0v) is 14.5. The number of benzene rings is 2. The number of para-hydroxylation sites is 1. The summed E-state index contributed by atoms with van der Waals surface area (Å²) in [6, 6.07) is 18.3. The molecular formula is C20H19N5. The van der Waals surface area contributed by atoms with Gasteiger partial charge in [-0.3, -0.25) is 0 Å². The van der Waals surface area contributed by atoms with Crippen LogP contribution in [-0.4, -0.2) is 19.7 Å². The van der Waals surface area contributed by atoms with Crippen molar-refractivity contribution in [2.24, 2.45) is 0 Å². The highest BCUT2D eigenvalue weighted by Gasteiger charge is 2.12.